The number of pyridine rings is 1. The Bertz CT molecular complexity index is 1520. The molecule has 0 spiro atoms. The van der Waals surface area contributed by atoms with E-state index >= 15 is 0 Å². The van der Waals surface area contributed by atoms with Gasteiger partial charge in [-0.25, -0.2) is 28.7 Å². The highest BCUT2D eigenvalue weighted by Crippen LogP contribution is 2.33. The number of halogens is 2. The number of hydrogen-bond acceptors (Lipinski definition) is 9. The van der Waals surface area contributed by atoms with Crippen LogP contribution in [0.3, 0.4) is 0 Å². The van der Waals surface area contributed by atoms with Crippen LogP contribution in [0.4, 0.5) is 31.7 Å². The molecular weight excluding hydrogens is 470 g/mol. The van der Waals surface area contributed by atoms with Gasteiger partial charge in [-0.05, 0) is 41.6 Å². The average Bonchev–Trinajstić information content (AvgIpc) is 3.41. The summed E-state index contributed by atoms with van der Waals surface area (Å²) in [6, 6.07) is 12.2. The molecule has 0 radical (unpaired) electrons. The van der Waals surface area contributed by atoms with E-state index in [2.05, 4.69) is 40.7 Å². The summed E-state index contributed by atoms with van der Waals surface area (Å²) >= 11 is 0. The highest BCUT2D eigenvalue weighted by molar-refractivity contribution is 5.91. The van der Waals surface area contributed by atoms with Crippen molar-refractivity contribution in [3.05, 3.63) is 89.5 Å². The van der Waals surface area contributed by atoms with Crippen LogP contribution >= 0.6 is 0 Å². The largest absolute Gasteiger partial charge is 0.386 e. The highest BCUT2D eigenvalue weighted by atomic mass is 19.1. The van der Waals surface area contributed by atoms with Gasteiger partial charge in [0.2, 0.25) is 0 Å². The standard InChI is InChI=1S/C17H13F2N7.C7H5NO2/c1-20-11-5-4-10(18)14(12(11)19)26-16-9(3-2-6-21-16)13-15-17(24-7-22-13)25-8-23-15;9-5-6-2-1-3-7(4-6)8-10/h2-8,20H,1H3,(H,21,26)(H,22,23,24,25);1-5H. The number of nitrogens with one attached hydrogen (secondary N) is 3. The van der Waals surface area contributed by atoms with Crippen LogP contribution < -0.4 is 10.6 Å². The van der Waals surface area contributed by atoms with Crippen LogP contribution in [0.1, 0.15) is 10.4 Å². The lowest BCUT2D eigenvalue weighted by molar-refractivity contribution is 0.112. The smallest absolute Gasteiger partial charge is 0.181 e. The van der Waals surface area contributed by atoms with Crippen LogP contribution in [0.15, 0.2) is 72.6 Å². The van der Waals surface area contributed by atoms with Crippen LogP contribution in [-0.4, -0.2) is 38.3 Å². The maximum absolute atomic E-state index is 14.5. The number of imidazole rings is 1. The minimum atomic E-state index is -0.738. The van der Waals surface area contributed by atoms with E-state index in [0.717, 1.165) is 0 Å². The Hall–Kier alpha value is -5.13. The van der Waals surface area contributed by atoms with E-state index in [9.17, 15) is 18.5 Å². The molecule has 0 bridgehead atoms. The minimum absolute atomic E-state index is 0.171. The van der Waals surface area contributed by atoms with Gasteiger partial charge in [0, 0.05) is 24.4 Å². The Labute approximate surface area is 202 Å². The van der Waals surface area contributed by atoms with Gasteiger partial charge in [-0.15, -0.1) is 4.91 Å². The van der Waals surface area contributed by atoms with Gasteiger partial charge in [0.1, 0.15) is 46.8 Å². The Kier molecular flexibility index (Phi) is 7.25. The third kappa shape index (κ3) is 5.01. The number of H-pyrrole nitrogens is 1. The van der Waals surface area contributed by atoms with Gasteiger partial charge >= 0.3 is 0 Å². The summed E-state index contributed by atoms with van der Waals surface area (Å²) < 4.78 is 28.7. The zero-order chi connectivity index (χ0) is 25.5. The van der Waals surface area contributed by atoms with Crippen molar-refractivity contribution in [2.45, 2.75) is 0 Å². The molecule has 0 fully saturated rings. The van der Waals surface area contributed by atoms with Crippen molar-refractivity contribution in [2.75, 3.05) is 17.7 Å². The van der Waals surface area contributed by atoms with Gasteiger partial charge in [-0.3, -0.25) is 4.79 Å². The Balaban J connectivity index is 0.000000256. The van der Waals surface area contributed by atoms with E-state index in [1.54, 1.807) is 37.4 Å². The van der Waals surface area contributed by atoms with Crippen molar-refractivity contribution in [2.24, 2.45) is 5.18 Å². The maximum atomic E-state index is 14.5. The number of benzene rings is 2. The second-order valence-electron chi connectivity index (χ2n) is 7.19. The first-order valence-electron chi connectivity index (χ1n) is 10.5. The van der Waals surface area contributed by atoms with Crippen LogP contribution in [-0.2, 0) is 0 Å². The fourth-order valence-corrected chi connectivity index (χ4v) is 3.30. The fraction of sp³-hybridized carbons (Fsp3) is 0.0417. The van der Waals surface area contributed by atoms with E-state index in [1.807, 2.05) is 0 Å². The van der Waals surface area contributed by atoms with Crippen LogP contribution in [0.5, 0.6) is 0 Å². The summed E-state index contributed by atoms with van der Waals surface area (Å²) in [7, 11) is 1.56. The number of anilines is 3. The predicted molar refractivity (Wildman–Crippen MR) is 131 cm³/mol. The molecule has 3 N–H and O–H groups in total. The first-order chi connectivity index (χ1) is 17.5. The average molecular weight is 488 g/mol. The van der Waals surface area contributed by atoms with E-state index in [0.29, 0.717) is 34.3 Å². The monoisotopic (exact) mass is 488 g/mol. The number of nitroso groups, excluding NO2 is 1. The molecule has 3 heterocycles. The first kappa shape index (κ1) is 24.0. The number of carbonyl (C=O) groups is 1. The van der Waals surface area contributed by atoms with Gasteiger partial charge < -0.3 is 15.6 Å². The van der Waals surface area contributed by atoms with Crippen molar-refractivity contribution in [3.8, 4) is 11.3 Å². The summed E-state index contributed by atoms with van der Waals surface area (Å²) in [5.41, 5.74) is 2.79. The first-order valence-corrected chi connectivity index (χ1v) is 10.5. The molecule has 3 aromatic heterocycles. The Morgan fingerprint density at radius 2 is 1.89 bits per heavy atom. The SMILES string of the molecule is CNc1ccc(F)c(Nc2ncccc2-c2ncnc3nc[nH]c23)c1F.O=Cc1cccc(N=O)c1. The number of fused-ring (bicyclic) bond motifs is 1. The molecule has 0 unspecified atom stereocenters. The van der Waals surface area contributed by atoms with Crippen molar-refractivity contribution < 1.29 is 13.6 Å². The molecular formula is C24H18F2N8O2. The van der Waals surface area contributed by atoms with Crippen LogP contribution in [0, 0.1) is 16.5 Å². The number of rotatable bonds is 6. The van der Waals surface area contributed by atoms with E-state index in [1.165, 1.54) is 37.1 Å². The van der Waals surface area contributed by atoms with Crippen LogP contribution in [0.2, 0.25) is 0 Å². The third-order valence-corrected chi connectivity index (χ3v) is 5.00. The summed E-state index contributed by atoms with van der Waals surface area (Å²) in [4.78, 5) is 39.7. The molecule has 0 saturated heterocycles. The molecule has 10 nitrogen and oxygen atoms in total. The molecule has 5 aromatic rings. The zero-order valence-corrected chi connectivity index (χ0v) is 18.7. The Morgan fingerprint density at radius 3 is 2.67 bits per heavy atom. The fourth-order valence-electron chi connectivity index (χ4n) is 3.30. The zero-order valence-electron chi connectivity index (χ0n) is 18.7. The number of carbonyl (C=O) groups excluding carboxylic acids is 1. The van der Waals surface area contributed by atoms with Crippen molar-refractivity contribution in [1.29, 1.82) is 0 Å². The topological polar surface area (TPSA) is 138 Å². The number of hydrogen-bond donors (Lipinski definition) is 3. The summed E-state index contributed by atoms with van der Waals surface area (Å²) in [5.74, 6) is -1.21. The molecule has 0 aliphatic carbocycles. The van der Waals surface area contributed by atoms with Crippen molar-refractivity contribution >= 4 is 40.3 Å². The predicted octanol–water partition coefficient (Wildman–Crippen LogP) is 5.38. The second kappa shape index (κ2) is 10.9. The van der Waals surface area contributed by atoms with E-state index in [-0.39, 0.29) is 22.9 Å². The van der Waals surface area contributed by atoms with Crippen LogP contribution in [0.25, 0.3) is 22.4 Å². The molecule has 0 aliphatic rings. The lowest BCUT2D eigenvalue weighted by Gasteiger charge is -2.14. The van der Waals surface area contributed by atoms with Crippen molar-refractivity contribution in [3.63, 3.8) is 0 Å². The lowest BCUT2D eigenvalue weighted by Crippen LogP contribution is -2.04. The molecule has 5 rings (SSSR count). The summed E-state index contributed by atoms with van der Waals surface area (Å²) in [6.45, 7) is 0. The van der Waals surface area contributed by atoms with Gasteiger partial charge in [-0.1, -0.05) is 12.1 Å². The van der Waals surface area contributed by atoms with Gasteiger partial charge in [-0.2, -0.15) is 0 Å². The van der Waals surface area contributed by atoms with Gasteiger partial charge in [0.25, 0.3) is 0 Å². The molecule has 0 saturated carbocycles. The number of aldehydes is 1. The quantitative estimate of drug-likeness (QED) is 0.214. The molecule has 0 amide bonds. The maximum Gasteiger partial charge on any atom is 0.181 e. The molecule has 2 aromatic carbocycles. The molecule has 12 heteroatoms. The number of aromatic nitrogens is 5. The molecule has 36 heavy (non-hydrogen) atoms. The van der Waals surface area contributed by atoms with E-state index in [4.69, 9.17) is 0 Å². The lowest BCUT2D eigenvalue weighted by atomic mass is 10.1. The molecule has 0 aliphatic heterocycles. The number of nitrogens with zero attached hydrogens (tertiary/aromatic N) is 5. The molecule has 180 valence electrons. The summed E-state index contributed by atoms with van der Waals surface area (Å²) in [5, 5.41) is 8.09. The summed E-state index contributed by atoms with van der Waals surface area (Å²) in [6.07, 6.45) is 5.07. The minimum Gasteiger partial charge on any atom is -0.386 e. The van der Waals surface area contributed by atoms with Crippen molar-refractivity contribution in [1.82, 2.24) is 24.9 Å². The van der Waals surface area contributed by atoms with Gasteiger partial charge in [0.05, 0.1) is 12.0 Å². The normalized spacial score (nSPS) is 10.3. The highest BCUT2D eigenvalue weighted by Gasteiger charge is 2.18. The van der Waals surface area contributed by atoms with Gasteiger partial charge in [0.15, 0.2) is 11.5 Å². The molecule has 0 atom stereocenters. The Morgan fingerprint density at radius 1 is 1.03 bits per heavy atom. The number of aromatic amines is 1. The third-order valence-electron chi connectivity index (χ3n) is 5.00. The second-order valence-corrected chi connectivity index (χ2v) is 7.19. The van der Waals surface area contributed by atoms with E-state index < -0.39 is 11.6 Å².